The Morgan fingerprint density at radius 3 is 2.67 bits per heavy atom. The molecule has 3 aromatic rings. The lowest BCUT2D eigenvalue weighted by Crippen LogP contribution is -2.13. The van der Waals surface area contributed by atoms with Crippen LogP contribution in [0.5, 0.6) is 0 Å². The number of para-hydroxylation sites is 1. The van der Waals surface area contributed by atoms with Crippen LogP contribution in [0, 0.1) is 24.0 Å². The third kappa shape index (κ3) is 2.98. The maximum atomic E-state index is 12.5. The third-order valence-corrected chi connectivity index (χ3v) is 5.64. The van der Waals surface area contributed by atoms with E-state index in [4.69, 9.17) is 0 Å². The van der Waals surface area contributed by atoms with E-state index in [2.05, 4.69) is 5.10 Å². The van der Waals surface area contributed by atoms with Crippen molar-refractivity contribution in [2.24, 2.45) is 0 Å². The lowest BCUT2D eigenvalue weighted by molar-refractivity contribution is -0.387. The zero-order valence-electron chi connectivity index (χ0n) is 12.9. The molecule has 0 saturated carbocycles. The maximum absolute atomic E-state index is 12.5. The topological polar surface area (TPSA) is 78.0 Å². The second kappa shape index (κ2) is 6.58. The molecule has 0 aliphatic heterocycles. The minimum absolute atomic E-state index is 0.0404. The number of thiophene rings is 1. The second-order valence-corrected chi connectivity index (χ2v) is 7.02. The van der Waals surface area contributed by atoms with Crippen molar-refractivity contribution in [3.8, 4) is 0 Å². The van der Waals surface area contributed by atoms with E-state index < -0.39 is 4.92 Å². The minimum Gasteiger partial charge on any atom is -0.266 e. The quantitative estimate of drug-likeness (QED) is 0.512. The molecule has 0 spiro atoms. The molecule has 2 aromatic heterocycles. The maximum Gasteiger partial charge on any atom is 0.288 e. The Morgan fingerprint density at radius 2 is 2.00 bits per heavy atom. The molecule has 0 fully saturated rings. The minimum atomic E-state index is -0.409. The first kappa shape index (κ1) is 16.4. The van der Waals surface area contributed by atoms with Crippen molar-refractivity contribution in [1.29, 1.82) is 0 Å². The molecule has 24 heavy (non-hydrogen) atoms. The van der Waals surface area contributed by atoms with Gasteiger partial charge in [0.25, 0.3) is 11.6 Å². The van der Waals surface area contributed by atoms with Gasteiger partial charge in [-0.25, -0.2) is 0 Å². The van der Waals surface area contributed by atoms with E-state index in [1.807, 2.05) is 11.4 Å². The van der Waals surface area contributed by atoms with Gasteiger partial charge in [-0.3, -0.25) is 14.9 Å². The Kier molecular flexibility index (Phi) is 4.50. The average Bonchev–Trinajstić information content (AvgIpc) is 3.18. The molecular formula is C16H13N3O3S2. The van der Waals surface area contributed by atoms with E-state index in [0.29, 0.717) is 21.2 Å². The summed E-state index contributed by atoms with van der Waals surface area (Å²) < 4.78 is 1.36. The van der Waals surface area contributed by atoms with Crippen LogP contribution in [0.3, 0.4) is 0 Å². The highest BCUT2D eigenvalue weighted by Crippen LogP contribution is 2.37. The lowest BCUT2D eigenvalue weighted by Gasteiger charge is -2.04. The SMILES string of the molecule is Cc1nn(C(=O)c2cccs2)c(C)c1Sc1ccccc1[N+](=O)[O-]. The van der Waals surface area contributed by atoms with E-state index in [9.17, 15) is 14.9 Å². The van der Waals surface area contributed by atoms with E-state index in [1.165, 1.54) is 33.8 Å². The number of hydrogen-bond donors (Lipinski definition) is 0. The van der Waals surface area contributed by atoms with E-state index in [1.54, 1.807) is 38.1 Å². The number of benzene rings is 1. The van der Waals surface area contributed by atoms with Gasteiger partial charge in [0.2, 0.25) is 0 Å². The van der Waals surface area contributed by atoms with Gasteiger partial charge < -0.3 is 0 Å². The standard InChI is InChI=1S/C16H13N3O3S2/c1-10-15(24-13-7-4-3-6-12(13)19(21)22)11(2)18(17-10)16(20)14-8-5-9-23-14/h3-9H,1-2H3. The average molecular weight is 359 g/mol. The summed E-state index contributed by atoms with van der Waals surface area (Å²) in [5.74, 6) is -0.194. The fraction of sp³-hybridized carbons (Fsp3) is 0.125. The Morgan fingerprint density at radius 1 is 1.25 bits per heavy atom. The first-order valence-electron chi connectivity index (χ1n) is 7.04. The van der Waals surface area contributed by atoms with E-state index in [-0.39, 0.29) is 11.6 Å². The van der Waals surface area contributed by atoms with Crippen LogP contribution < -0.4 is 0 Å². The summed E-state index contributed by atoms with van der Waals surface area (Å²) in [5.41, 5.74) is 1.38. The van der Waals surface area contributed by atoms with Gasteiger partial charge in [0.15, 0.2) is 0 Å². The summed E-state index contributed by atoms with van der Waals surface area (Å²) in [5, 5.41) is 17.3. The summed E-state index contributed by atoms with van der Waals surface area (Å²) in [6.45, 7) is 3.59. The van der Waals surface area contributed by atoms with Crippen LogP contribution in [0.4, 0.5) is 5.69 Å². The first-order valence-corrected chi connectivity index (χ1v) is 8.74. The Balaban J connectivity index is 1.99. The summed E-state index contributed by atoms with van der Waals surface area (Å²) in [6, 6.07) is 10.1. The Labute approximate surface area is 146 Å². The fourth-order valence-corrected chi connectivity index (χ4v) is 3.97. The van der Waals surface area contributed by atoms with Crippen LogP contribution >= 0.6 is 23.1 Å². The molecule has 122 valence electrons. The zero-order chi connectivity index (χ0) is 17.3. The van der Waals surface area contributed by atoms with Crippen LogP contribution in [0.2, 0.25) is 0 Å². The van der Waals surface area contributed by atoms with Gasteiger partial charge in [-0.05, 0) is 31.4 Å². The molecule has 0 amide bonds. The predicted octanol–water partition coefficient (Wildman–Crippen LogP) is 4.31. The van der Waals surface area contributed by atoms with Crippen molar-refractivity contribution >= 4 is 34.7 Å². The highest BCUT2D eigenvalue weighted by atomic mass is 32.2. The summed E-state index contributed by atoms with van der Waals surface area (Å²) in [6.07, 6.45) is 0. The van der Waals surface area contributed by atoms with Crippen LogP contribution in [0.1, 0.15) is 21.1 Å². The van der Waals surface area contributed by atoms with E-state index in [0.717, 1.165) is 4.90 Å². The second-order valence-electron chi connectivity index (χ2n) is 5.02. The number of aromatic nitrogens is 2. The van der Waals surface area contributed by atoms with Crippen molar-refractivity contribution in [1.82, 2.24) is 9.78 Å². The smallest absolute Gasteiger partial charge is 0.266 e. The highest BCUT2D eigenvalue weighted by molar-refractivity contribution is 7.99. The molecule has 0 saturated heterocycles. The summed E-state index contributed by atoms with van der Waals surface area (Å²) in [4.78, 5) is 25.2. The molecule has 0 aliphatic carbocycles. The highest BCUT2D eigenvalue weighted by Gasteiger charge is 2.22. The zero-order valence-corrected chi connectivity index (χ0v) is 14.6. The number of hydrogen-bond acceptors (Lipinski definition) is 6. The van der Waals surface area contributed by atoms with Crippen LogP contribution in [-0.4, -0.2) is 20.6 Å². The number of rotatable bonds is 4. The molecule has 0 unspecified atom stereocenters. The summed E-state index contributed by atoms with van der Waals surface area (Å²) >= 11 is 2.61. The molecule has 8 heteroatoms. The monoisotopic (exact) mass is 359 g/mol. The number of nitro groups is 1. The van der Waals surface area contributed by atoms with Gasteiger partial charge in [-0.2, -0.15) is 9.78 Å². The number of nitrogens with zero attached hydrogens (tertiary/aromatic N) is 3. The molecule has 2 heterocycles. The van der Waals surface area contributed by atoms with Crippen LogP contribution in [0.25, 0.3) is 0 Å². The Hall–Kier alpha value is -2.45. The van der Waals surface area contributed by atoms with Gasteiger partial charge in [0.1, 0.15) is 0 Å². The normalized spacial score (nSPS) is 10.8. The van der Waals surface area contributed by atoms with Gasteiger partial charge in [0.05, 0.1) is 31.0 Å². The van der Waals surface area contributed by atoms with E-state index >= 15 is 0 Å². The predicted molar refractivity (Wildman–Crippen MR) is 93.0 cm³/mol. The number of carbonyl (C=O) groups is 1. The Bertz CT molecular complexity index is 917. The van der Waals surface area contributed by atoms with Crippen LogP contribution in [-0.2, 0) is 0 Å². The fourth-order valence-electron chi connectivity index (χ4n) is 2.28. The number of aryl methyl sites for hydroxylation is 1. The third-order valence-electron chi connectivity index (χ3n) is 3.42. The molecule has 0 aliphatic rings. The summed E-state index contributed by atoms with van der Waals surface area (Å²) in [7, 11) is 0. The molecule has 3 rings (SSSR count). The van der Waals surface area contributed by atoms with Crippen molar-refractivity contribution in [3.05, 3.63) is 68.2 Å². The molecule has 0 N–H and O–H groups in total. The van der Waals surface area contributed by atoms with Crippen molar-refractivity contribution in [3.63, 3.8) is 0 Å². The van der Waals surface area contributed by atoms with Crippen molar-refractivity contribution in [2.45, 2.75) is 23.6 Å². The molecule has 0 bridgehead atoms. The lowest BCUT2D eigenvalue weighted by atomic mass is 10.3. The van der Waals surface area contributed by atoms with Gasteiger partial charge in [-0.15, -0.1) is 11.3 Å². The first-order chi connectivity index (χ1) is 11.5. The number of carbonyl (C=O) groups excluding carboxylic acids is 1. The molecule has 0 radical (unpaired) electrons. The molecule has 0 atom stereocenters. The molecular weight excluding hydrogens is 346 g/mol. The van der Waals surface area contributed by atoms with Gasteiger partial charge in [-0.1, -0.05) is 30.0 Å². The van der Waals surface area contributed by atoms with Crippen molar-refractivity contribution in [2.75, 3.05) is 0 Å². The number of nitro benzene ring substituents is 1. The molecule has 1 aromatic carbocycles. The van der Waals surface area contributed by atoms with Gasteiger partial charge >= 0.3 is 0 Å². The largest absolute Gasteiger partial charge is 0.288 e. The van der Waals surface area contributed by atoms with Gasteiger partial charge in [0, 0.05) is 6.07 Å². The molecule has 6 nitrogen and oxygen atoms in total. The van der Waals surface area contributed by atoms with Crippen molar-refractivity contribution < 1.29 is 9.72 Å². The van der Waals surface area contributed by atoms with Crippen LogP contribution in [0.15, 0.2) is 51.6 Å².